The van der Waals surface area contributed by atoms with Gasteiger partial charge in [0.15, 0.2) is 12.2 Å². The third kappa shape index (κ3) is 6.19. The van der Waals surface area contributed by atoms with Gasteiger partial charge in [0.05, 0.1) is 16.6 Å². The molecule has 0 aliphatic carbocycles. The van der Waals surface area contributed by atoms with Crippen molar-refractivity contribution in [1.29, 1.82) is 0 Å². The van der Waals surface area contributed by atoms with Gasteiger partial charge >= 0.3 is 15.4 Å². The van der Waals surface area contributed by atoms with Crippen molar-refractivity contribution in [2.45, 2.75) is 26.8 Å². The highest BCUT2D eigenvalue weighted by Crippen LogP contribution is 2.49. The van der Waals surface area contributed by atoms with Gasteiger partial charge in [0.2, 0.25) is 5.51 Å². The van der Waals surface area contributed by atoms with Crippen LogP contribution in [0.25, 0.3) is 0 Å². The van der Waals surface area contributed by atoms with Gasteiger partial charge in [0.25, 0.3) is 0 Å². The Hall–Kier alpha value is -1.23. The molecule has 0 aliphatic heterocycles. The normalized spacial score (nSPS) is 14.3. The quantitative estimate of drug-likeness (QED) is 0.206. The van der Waals surface area contributed by atoms with E-state index < -0.39 is 15.4 Å². The second-order valence-corrected chi connectivity index (χ2v) is 9.38. The van der Waals surface area contributed by atoms with E-state index in [-0.39, 0.29) is 12.6 Å². The molecular weight excluding hydrogens is 406 g/mol. The van der Waals surface area contributed by atoms with E-state index >= 15 is 0 Å². The number of rotatable bonds is 8. The topological polar surface area (TPSA) is 169 Å². The van der Waals surface area contributed by atoms with Crippen molar-refractivity contribution in [2.75, 3.05) is 11.9 Å². The Morgan fingerprint density at radius 3 is 2.58 bits per heavy atom. The Kier molecular flexibility index (Phi) is 6.65. The van der Waals surface area contributed by atoms with Gasteiger partial charge in [-0.25, -0.2) is 14.5 Å². The molecule has 2 heterocycles. The molecule has 26 heavy (non-hydrogen) atoms. The summed E-state index contributed by atoms with van der Waals surface area (Å²) in [6.45, 7) is 4.03. The minimum Gasteiger partial charge on any atom is -0.383 e. The molecule has 1 unspecified atom stereocenters. The largest absolute Gasteiger partial charge is 0.497 e. The molecule has 11 nitrogen and oxygen atoms in total. The molecule has 0 saturated carbocycles. The van der Waals surface area contributed by atoms with E-state index in [4.69, 9.17) is 15.5 Å². The standard InChI is InChI=1S/C12H18N4O7P2S/c1-8-11(3-4-24(17,18)22-23-25(19,20)21)26-7-16(8)6-10-5-14-9(2)15-12(10)13/h5,7H,3-4,6H2,1-2H3,(H4-,13,14,15,17,18,19,20,21)/p+1. The number of hydrogen-bond acceptors (Lipinski definition) is 8. The monoisotopic (exact) mass is 425 g/mol. The van der Waals surface area contributed by atoms with E-state index in [1.54, 1.807) is 13.1 Å². The van der Waals surface area contributed by atoms with Crippen molar-refractivity contribution in [3.63, 3.8) is 0 Å². The summed E-state index contributed by atoms with van der Waals surface area (Å²) in [5.41, 5.74) is 9.32. The number of nitrogen functional groups attached to an aromatic ring is 1. The van der Waals surface area contributed by atoms with Crippen molar-refractivity contribution in [2.24, 2.45) is 0 Å². The zero-order chi connectivity index (χ0) is 19.5. The molecule has 0 fully saturated rings. The van der Waals surface area contributed by atoms with Crippen LogP contribution in [-0.2, 0) is 31.4 Å². The molecule has 0 spiro atoms. The van der Waals surface area contributed by atoms with Crippen LogP contribution in [0.1, 0.15) is 22.0 Å². The Bertz CT molecular complexity index is 884. The Labute approximate surface area is 153 Å². The molecule has 0 saturated heterocycles. The molecule has 2 aromatic rings. The van der Waals surface area contributed by atoms with Crippen LogP contribution in [-0.4, -0.2) is 30.8 Å². The van der Waals surface area contributed by atoms with Crippen LogP contribution in [0.5, 0.6) is 0 Å². The summed E-state index contributed by atoms with van der Waals surface area (Å²) >= 11 is 1.37. The molecule has 14 heteroatoms. The number of anilines is 1. The average molecular weight is 425 g/mol. The Morgan fingerprint density at radius 2 is 1.96 bits per heavy atom. The van der Waals surface area contributed by atoms with Crippen molar-refractivity contribution in [1.82, 2.24) is 9.97 Å². The van der Waals surface area contributed by atoms with Crippen LogP contribution < -0.4 is 10.3 Å². The van der Waals surface area contributed by atoms with Gasteiger partial charge in [-0.05, 0) is 13.3 Å². The average Bonchev–Trinajstić information content (AvgIpc) is 2.86. The van der Waals surface area contributed by atoms with E-state index in [9.17, 15) is 14.0 Å². The molecule has 1 atom stereocenters. The van der Waals surface area contributed by atoms with Gasteiger partial charge < -0.3 is 20.4 Å². The lowest BCUT2D eigenvalue weighted by Gasteiger charge is -2.10. The van der Waals surface area contributed by atoms with Gasteiger partial charge in [0, 0.05) is 13.1 Å². The van der Waals surface area contributed by atoms with Gasteiger partial charge in [-0.2, -0.15) is 4.57 Å². The first-order valence-corrected chi connectivity index (χ1v) is 11.4. The van der Waals surface area contributed by atoms with Gasteiger partial charge in [-0.3, -0.25) is 4.57 Å². The minimum atomic E-state index is -4.99. The van der Waals surface area contributed by atoms with Crippen LogP contribution in [0.4, 0.5) is 5.82 Å². The van der Waals surface area contributed by atoms with Crippen LogP contribution in [0.2, 0.25) is 0 Å². The summed E-state index contributed by atoms with van der Waals surface area (Å²) < 4.78 is 31.8. The van der Waals surface area contributed by atoms with Crippen molar-refractivity contribution in [3.8, 4) is 0 Å². The Morgan fingerprint density at radius 1 is 1.27 bits per heavy atom. The third-order valence-corrected chi connectivity index (χ3v) is 6.01. The fourth-order valence-corrected chi connectivity index (χ4v) is 4.53. The first-order chi connectivity index (χ1) is 12.0. The molecule has 5 N–H and O–H groups in total. The number of nitrogens with two attached hydrogens (primary N) is 1. The number of aromatic nitrogens is 3. The van der Waals surface area contributed by atoms with Gasteiger partial charge in [0.1, 0.15) is 11.6 Å². The van der Waals surface area contributed by atoms with Crippen molar-refractivity contribution < 1.29 is 37.7 Å². The van der Waals surface area contributed by atoms with Gasteiger partial charge in [-0.15, -0.1) is 9.35 Å². The zero-order valence-corrected chi connectivity index (χ0v) is 16.6. The van der Waals surface area contributed by atoms with Crippen LogP contribution in [0, 0.1) is 13.8 Å². The summed E-state index contributed by atoms with van der Waals surface area (Å²) in [5.74, 6) is 0.968. The lowest BCUT2D eigenvalue weighted by Crippen LogP contribution is -2.35. The number of hydrogen-bond donors (Lipinski definition) is 4. The number of phosphoric acid groups is 1. The molecule has 2 aromatic heterocycles. The lowest BCUT2D eigenvalue weighted by atomic mass is 10.2. The second-order valence-electron chi connectivity index (χ2n) is 5.44. The first kappa shape index (κ1) is 21.1. The highest BCUT2D eigenvalue weighted by Gasteiger charge is 2.28. The maximum Gasteiger partial charge on any atom is 0.497 e. The van der Waals surface area contributed by atoms with E-state index in [0.29, 0.717) is 18.2 Å². The summed E-state index contributed by atoms with van der Waals surface area (Å²) in [6, 6.07) is 0. The number of aryl methyl sites for hydroxylation is 2. The zero-order valence-electron chi connectivity index (χ0n) is 14.0. The maximum absolute atomic E-state index is 11.7. The maximum atomic E-state index is 11.7. The molecule has 0 radical (unpaired) electrons. The van der Waals surface area contributed by atoms with E-state index in [0.717, 1.165) is 16.1 Å². The van der Waals surface area contributed by atoms with Crippen LogP contribution in [0.15, 0.2) is 11.7 Å². The van der Waals surface area contributed by atoms with E-state index in [1.165, 1.54) is 11.3 Å². The Balaban J connectivity index is 2.02. The highest BCUT2D eigenvalue weighted by molar-refractivity contribution is 7.53. The molecule has 144 valence electrons. The van der Waals surface area contributed by atoms with E-state index in [2.05, 4.69) is 19.3 Å². The second kappa shape index (κ2) is 8.20. The minimum absolute atomic E-state index is 0.168. The lowest BCUT2D eigenvalue weighted by molar-refractivity contribution is -0.689. The SMILES string of the molecule is Cc1ncc(C[n+]2csc(CCP(=O)(O)OOP(=O)(O)O)c2C)c(N)n1. The molecule has 0 aromatic carbocycles. The molecule has 2 rings (SSSR count). The number of nitrogens with zero attached hydrogens (tertiary/aromatic N) is 3. The highest BCUT2D eigenvalue weighted by atomic mass is 32.1. The molecule has 0 bridgehead atoms. The molecular formula is C12H19N4O7P2S+. The van der Waals surface area contributed by atoms with Crippen LogP contribution in [0.3, 0.4) is 0 Å². The summed E-state index contributed by atoms with van der Waals surface area (Å²) in [6.07, 6.45) is 1.46. The van der Waals surface area contributed by atoms with Gasteiger partial charge in [-0.1, -0.05) is 11.3 Å². The molecule has 0 amide bonds. The fraction of sp³-hybridized carbons (Fsp3) is 0.417. The van der Waals surface area contributed by atoms with Crippen molar-refractivity contribution in [3.05, 3.63) is 33.7 Å². The fourth-order valence-electron chi connectivity index (χ4n) is 2.04. The number of thiazole rings is 1. The van der Waals surface area contributed by atoms with Crippen molar-refractivity contribution >= 4 is 32.6 Å². The third-order valence-electron chi connectivity index (χ3n) is 3.38. The smallest absolute Gasteiger partial charge is 0.383 e. The summed E-state index contributed by atoms with van der Waals surface area (Å²) in [7, 11) is -9.29. The summed E-state index contributed by atoms with van der Waals surface area (Å²) in [4.78, 5) is 35.6. The summed E-state index contributed by atoms with van der Waals surface area (Å²) in [5, 5.41) is 0. The molecule has 0 aliphatic rings. The van der Waals surface area contributed by atoms with Crippen LogP contribution >= 0.6 is 26.8 Å². The predicted octanol–water partition coefficient (Wildman–Crippen LogP) is 0.842. The van der Waals surface area contributed by atoms with E-state index in [1.807, 2.05) is 17.0 Å². The first-order valence-electron chi connectivity index (χ1n) is 7.26. The predicted molar refractivity (Wildman–Crippen MR) is 92.1 cm³/mol.